The number of carboxylic acid groups (broad SMARTS) is 1. The van der Waals surface area contributed by atoms with E-state index in [1.807, 2.05) is 4.90 Å². The molecule has 1 aromatic carbocycles. The second kappa shape index (κ2) is 6.91. The SMILES string of the molecule is O=C(O)CCN1CCN(C(=O)c2ccc(Br)c(O)c2)CC1. The second-order valence-electron chi connectivity index (χ2n) is 4.94. The summed E-state index contributed by atoms with van der Waals surface area (Å²) < 4.78 is 0.553. The number of rotatable bonds is 4. The van der Waals surface area contributed by atoms with Crippen molar-refractivity contribution in [1.82, 2.24) is 9.80 Å². The Bertz CT molecular complexity index is 542. The summed E-state index contributed by atoms with van der Waals surface area (Å²) in [6, 6.07) is 4.76. The lowest BCUT2D eigenvalue weighted by molar-refractivity contribution is -0.137. The third-order valence-electron chi connectivity index (χ3n) is 3.49. The van der Waals surface area contributed by atoms with Gasteiger partial charge < -0.3 is 15.1 Å². The van der Waals surface area contributed by atoms with Gasteiger partial charge in [0.2, 0.25) is 0 Å². The molecule has 0 atom stereocenters. The highest BCUT2D eigenvalue weighted by atomic mass is 79.9. The number of nitrogens with zero attached hydrogens (tertiary/aromatic N) is 2. The van der Waals surface area contributed by atoms with Crippen LogP contribution in [0.4, 0.5) is 0 Å². The maximum atomic E-state index is 12.3. The molecule has 0 spiro atoms. The summed E-state index contributed by atoms with van der Waals surface area (Å²) in [6.07, 6.45) is 0.120. The lowest BCUT2D eigenvalue weighted by atomic mass is 10.1. The third-order valence-corrected chi connectivity index (χ3v) is 4.17. The highest BCUT2D eigenvalue weighted by Crippen LogP contribution is 2.25. The number of hydrogen-bond donors (Lipinski definition) is 2. The quantitative estimate of drug-likeness (QED) is 0.851. The summed E-state index contributed by atoms with van der Waals surface area (Å²) in [5.41, 5.74) is 0.453. The van der Waals surface area contributed by atoms with Gasteiger partial charge in [0, 0.05) is 38.3 Å². The number of carbonyl (C=O) groups is 2. The van der Waals surface area contributed by atoms with E-state index in [4.69, 9.17) is 5.11 Å². The van der Waals surface area contributed by atoms with Gasteiger partial charge in [-0.15, -0.1) is 0 Å². The van der Waals surface area contributed by atoms with E-state index in [1.54, 1.807) is 17.0 Å². The van der Waals surface area contributed by atoms with Crippen LogP contribution in [-0.2, 0) is 4.79 Å². The molecule has 6 nitrogen and oxygen atoms in total. The van der Waals surface area contributed by atoms with Crippen molar-refractivity contribution in [2.75, 3.05) is 32.7 Å². The first-order valence-corrected chi connectivity index (χ1v) is 7.48. The third kappa shape index (κ3) is 4.18. The van der Waals surface area contributed by atoms with Crippen LogP contribution >= 0.6 is 15.9 Å². The summed E-state index contributed by atoms with van der Waals surface area (Å²) in [5.74, 6) is -0.879. The molecule has 1 aliphatic rings. The topological polar surface area (TPSA) is 81.1 Å². The van der Waals surface area contributed by atoms with Gasteiger partial charge in [0.1, 0.15) is 5.75 Å². The van der Waals surface area contributed by atoms with Crippen LogP contribution in [0.1, 0.15) is 16.8 Å². The fourth-order valence-electron chi connectivity index (χ4n) is 2.26. The van der Waals surface area contributed by atoms with Gasteiger partial charge in [-0.1, -0.05) is 0 Å². The van der Waals surface area contributed by atoms with E-state index in [1.165, 1.54) is 6.07 Å². The zero-order chi connectivity index (χ0) is 15.4. The number of piperazine rings is 1. The number of carboxylic acids is 1. The zero-order valence-corrected chi connectivity index (χ0v) is 13.0. The van der Waals surface area contributed by atoms with Crippen LogP contribution in [0, 0.1) is 0 Å². The van der Waals surface area contributed by atoms with E-state index in [9.17, 15) is 14.7 Å². The van der Waals surface area contributed by atoms with Gasteiger partial charge in [0.15, 0.2) is 0 Å². The van der Waals surface area contributed by atoms with Gasteiger partial charge in [0.25, 0.3) is 5.91 Å². The molecule has 0 radical (unpaired) electrons. The minimum atomic E-state index is -0.807. The molecule has 0 aromatic heterocycles. The van der Waals surface area contributed by atoms with E-state index < -0.39 is 5.97 Å². The van der Waals surface area contributed by atoms with Crippen molar-refractivity contribution in [3.05, 3.63) is 28.2 Å². The highest BCUT2D eigenvalue weighted by Gasteiger charge is 2.22. The average molecular weight is 357 g/mol. The molecule has 1 fully saturated rings. The molecule has 1 amide bonds. The standard InChI is InChI=1S/C14H17BrN2O4/c15-11-2-1-10(9-12(11)18)14(21)17-7-5-16(6-8-17)4-3-13(19)20/h1-2,9,18H,3-8H2,(H,19,20). The number of hydrogen-bond acceptors (Lipinski definition) is 4. The average Bonchev–Trinajstić information content (AvgIpc) is 2.48. The van der Waals surface area contributed by atoms with E-state index >= 15 is 0 Å². The molecular weight excluding hydrogens is 340 g/mol. The Morgan fingerprint density at radius 1 is 1.19 bits per heavy atom. The molecule has 114 valence electrons. The Kier molecular flexibility index (Phi) is 5.19. The van der Waals surface area contributed by atoms with Crippen molar-refractivity contribution in [3.8, 4) is 5.75 Å². The van der Waals surface area contributed by atoms with Gasteiger partial charge in [-0.2, -0.15) is 0 Å². The second-order valence-corrected chi connectivity index (χ2v) is 5.80. The van der Waals surface area contributed by atoms with E-state index in [2.05, 4.69) is 15.9 Å². The number of halogens is 1. The first-order chi connectivity index (χ1) is 9.97. The number of aliphatic carboxylic acids is 1. The molecule has 2 N–H and O–H groups in total. The maximum Gasteiger partial charge on any atom is 0.304 e. The molecular formula is C14H17BrN2O4. The smallest absolute Gasteiger partial charge is 0.304 e. The molecule has 1 heterocycles. The van der Waals surface area contributed by atoms with Crippen molar-refractivity contribution in [2.45, 2.75) is 6.42 Å². The number of carbonyl (C=O) groups excluding carboxylic acids is 1. The molecule has 2 rings (SSSR count). The number of phenolic OH excluding ortho intramolecular Hbond substituents is 1. The largest absolute Gasteiger partial charge is 0.507 e. The fraction of sp³-hybridized carbons (Fsp3) is 0.429. The summed E-state index contributed by atoms with van der Waals surface area (Å²) >= 11 is 3.18. The lowest BCUT2D eigenvalue weighted by Gasteiger charge is -2.34. The monoisotopic (exact) mass is 356 g/mol. The fourth-order valence-corrected chi connectivity index (χ4v) is 2.50. The Hall–Kier alpha value is -1.60. The minimum Gasteiger partial charge on any atom is -0.507 e. The predicted molar refractivity (Wildman–Crippen MR) is 80.4 cm³/mol. The van der Waals surface area contributed by atoms with Crippen LogP contribution in [0.15, 0.2) is 22.7 Å². The number of benzene rings is 1. The Labute approximate surface area is 131 Å². The van der Waals surface area contributed by atoms with Gasteiger partial charge in [-0.25, -0.2) is 0 Å². The van der Waals surface area contributed by atoms with Crippen molar-refractivity contribution in [1.29, 1.82) is 0 Å². The first-order valence-electron chi connectivity index (χ1n) is 6.69. The van der Waals surface area contributed by atoms with Gasteiger partial charge in [-0.3, -0.25) is 14.5 Å². The Morgan fingerprint density at radius 3 is 2.43 bits per heavy atom. The molecule has 1 aliphatic heterocycles. The number of amides is 1. The summed E-state index contributed by atoms with van der Waals surface area (Å²) in [6.45, 7) is 2.98. The van der Waals surface area contributed by atoms with Crippen LogP contribution in [0.3, 0.4) is 0 Å². The number of aromatic hydroxyl groups is 1. The van der Waals surface area contributed by atoms with Crippen LogP contribution in [0.2, 0.25) is 0 Å². The molecule has 21 heavy (non-hydrogen) atoms. The highest BCUT2D eigenvalue weighted by molar-refractivity contribution is 9.10. The van der Waals surface area contributed by atoms with Crippen LogP contribution in [0.25, 0.3) is 0 Å². The van der Waals surface area contributed by atoms with Crippen molar-refractivity contribution >= 4 is 27.8 Å². The van der Waals surface area contributed by atoms with Gasteiger partial charge in [0.05, 0.1) is 10.9 Å². The van der Waals surface area contributed by atoms with Crippen LogP contribution in [-0.4, -0.2) is 64.6 Å². The minimum absolute atomic E-state index is 0.0425. The first kappa shape index (κ1) is 15.8. The molecule has 0 saturated carbocycles. The molecule has 1 saturated heterocycles. The zero-order valence-electron chi connectivity index (χ0n) is 11.5. The van der Waals surface area contributed by atoms with Crippen LogP contribution in [0.5, 0.6) is 5.75 Å². The maximum absolute atomic E-state index is 12.3. The van der Waals surface area contributed by atoms with Crippen molar-refractivity contribution in [2.24, 2.45) is 0 Å². The van der Waals surface area contributed by atoms with E-state index in [0.29, 0.717) is 42.8 Å². The summed E-state index contributed by atoms with van der Waals surface area (Å²) in [4.78, 5) is 26.6. The van der Waals surface area contributed by atoms with Crippen LogP contribution < -0.4 is 0 Å². The summed E-state index contributed by atoms with van der Waals surface area (Å²) in [7, 11) is 0. The molecule has 7 heteroatoms. The normalized spacial score (nSPS) is 16.0. The molecule has 0 bridgehead atoms. The molecule has 0 aliphatic carbocycles. The van der Waals surface area contributed by atoms with E-state index in [-0.39, 0.29) is 18.1 Å². The lowest BCUT2D eigenvalue weighted by Crippen LogP contribution is -2.49. The van der Waals surface area contributed by atoms with E-state index in [0.717, 1.165) is 0 Å². The van der Waals surface area contributed by atoms with Gasteiger partial charge >= 0.3 is 5.97 Å². The van der Waals surface area contributed by atoms with Gasteiger partial charge in [-0.05, 0) is 34.1 Å². The molecule has 0 unspecified atom stereocenters. The molecule has 1 aromatic rings. The van der Waals surface area contributed by atoms with Crippen molar-refractivity contribution < 1.29 is 19.8 Å². The summed E-state index contributed by atoms with van der Waals surface area (Å²) in [5, 5.41) is 18.3. The number of phenols is 1. The van der Waals surface area contributed by atoms with Crippen molar-refractivity contribution in [3.63, 3.8) is 0 Å². The predicted octanol–water partition coefficient (Wildman–Crippen LogP) is 1.39. The Balaban J connectivity index is 1.90. The Morgan fingerprint density at radius 2 is 1.86 bits per heavy atom.